The Morgan fingerprint density at radius 2 is 2.25 bits per heavy atom. The van der Waals surface area contributed by atoms with E-state index in [4.69, 9.17) is 5.10 Å². The first-order chi connectivity index (χ1) is 9.86. The van der Waals surface area contributed by atoms with Gasteiger partial charge in [-0.05, 0) is 26.0 Å². The molecule has 2 N–H and O–H groups in total. The van der Waals surface area contributed by atoms with E-state index in [9.17, 15) is 0 Å². The number of nitrogens with zero attached hydrogens (tertiary/aromatic N) is 3. The Labute approximate surface area is 119 Å². The van der Waals surface area contributed by atoms with Crippen LogP contribution in [0.5, 0.6) is 0 Å². The fraction of sp³-hybridized carbons (Fsp3) is 0.600. The van der Waals surface area contributed by atoms with Crippen LogP contribution in [0.15, 0.2) is 24.7 Å². The van der Waals surface area contributed by atoms with Crippen LogP contribution in [0.3, 0.4) is 0 Å². The van der Waals surface area contributed by atoms with E-state index in [1.165, 1.54) is 32.1 Å². The molecule has 2 aromatic rings. The second kappa shape index (κ2) is 6.22. The number of hydrogen-bond donors (Lipinski definition) is 2. The molecular formula is C15H23N5. The van der Waals surface area contributed by atoms with Crippen molar-refractivity contribution in [2.24, 2.45) is 0 Å². The molecule has 0 saturated heterocycles. The SMILES string of the molecule is CNC(Cc1ccn(C2CCCCC2)n1)c1ncc[nH]1. The first-order valence-electron chi connectivity index (χ1n) is 7.57. The van der Waals surface area contributed by atoms with Crippen molar-refractivity contribution < 1.29 is 0 Å². The Morgan fingerprint density at radius 1 is 1.40 bits per heavy atom. The number of aromatic nitrogens is 4. The molecule has 0 spiro atoms. The first kappa shape index (κ1) is 13.4. The summed E-state index contributed by atoms with van der Waals surface area (Å²) in [5.41, 5.74) is 1.13. The van der Waals surface area contributed by atoms with Gasteiger partial charge in [-0.3, -0.25) is 4.68 Å². The Hall–Kier alpha value is -1.62. The summed E-state index contributed by atoms with van der Waals surface area (Å²) in [6.07, 6.45) is 13.3. The molecular weight excluding hydrogens is 250 g/mol. The van der Waals surface area contributed by atoms with E-state index < -0.39 is 0 Å². The van der Waals surface area contributed by atoms with E-state index >= 15 is 0 Å². The van der Waals surface area contributed by atoms with Crippen molar-refractivity contribution in [1.29, 1.82) is 0 Å². The lowest BCUT2D eigenvalue weighted by Crippen LogP contribution is -2.20. The third-order valence-corrected chi connectivity index (χ3v) is 4.22. The molecule has 2 aromatic heterocycles. The van der Waals surface area contributed by atoms with E-state index in [0.29, 0.717) is 6.04 Å². The molecule has 2 heterocycles. The average Bonchev–Trinajstić information content (AvgIpc) is 3.17. The maximum atomic E-state index is 4.77. The molecule has 1 aliphatic carbocycles. The molecule has 20 heavy (non-hydrogen) atoms. The van der Waals surface area contributed by atoms with E-state index in [2.05, 4.69) is 32.2 Å². The average molecular weight is 273 g/mol. The van der Waals surface area contributed by atoms with Crippen molar-refractivity contribution >= 4 is 0 Å². The summed E-state index contributed by atoms with van der Waals surface area (Å²) in [6, 6.07) is 2.94. The zero-order valence-electron chi connectivity index (χ0n) is 12.0. The molecule has 0 aromatic carbocycles. The smallest absolute Gasteiger partial charge is 0.123 e. The predicted molar refractivity (Wildman–Crippen MR) is 78.4 cm³/mol. The highest BCUT2D eigenvalue weighted by atomic mass is 15.3. The lowest BCUT2D eigenvalue weighted by Gasteiger charge is -2.21. The van der Waals surface area contributed by atoms with Gasteiger partial charge in [0, 0.05) is 25.0 Å². The molecule has 0 radical (unpaired) electrons. The van der Waals surface area contributed by atoms with Crippen LogP contribution in [0.4, 0.5) is 0 Å². The maximum absolute atomic E-state index is 4.77. The third-order valence-electron chi connectivity index (χ3n) is 4.22. The predicted octanol–water partition coefficient (Wildman–Crippen LogP) is 2.61. The molecule has 3 rings (SSSR count). The summed E-state index contributed by atoms with van der Waals surface area (Å²) in [5.74, 6) is 0.972. The van der Waals surface area contributed by atoms with Gasteiger partial charge >= 0.3 is 0 Å². The molecule has 5 nitrogen and oxygen atoms in total. The Morgan fingerprint density at radius 3 is 2.95 bits per heavy atom. The van der Waals surface area contributed by atoms with E-state index in [0.717, 1.165) is 17.9 Å². The Kier molecular flexibility index (Phi) is 4.16. The van der Waals surface area contributed by atoms with Gasteiger partial charge in [-0.1, -0.05) is 19.3 Å². The fourth-order valence-electron chi connectivity index (χ4n) is 3.05. The van der Waals surface area contributed by atoms with Gasteiger partial charge in [0.25, 0.3) is 0 Å². The summed E-state index contributed by atoms with van der Waals surface area (Å²) in [7, 11) is 1.96. The van der Waals surface area contributed by atoms with Crippen molar-refractivity contribution in [2.45, 2.75) is 50.6 Å². The highest BCUT2D eigenvalue weighted by Crippen LogP contribution is 2.27. The third kappa shape index (κ3) is 2.93. The molecule has 0 aliphatic heterocycles. The van der Waals surface area contributed by atoms with Crippen molar-refractivity contribution in [3.8, 4) is 0 Å². The molecule has 1 saturated carbocycles. The van der Waals surface area contributed by atoms with Crippen molar-refractivity contribution in [3.63, 3.8) is 0 Å². The van der Waals surface area contributed by atoms with Crippen LogP contribution < -0.4 is 5.32 Å². The number of nitrogens with one attached hydrogen (secondary N) is 2. The molecule has 108 valence electrons. The van der Waals surface area contributed by atoms with Gasteiger partial charge in [0.15, 0.2) is 0 Å². The van der Waals surface area contributed by atoms with E-state index in [1.807, 2.05) is 13.2 Å². The van der Waals surface area contributed by atoms with Crippen LogP contribution in [0.2, 0.25) is 0 Å². The Bertz CT molecular complexity index is 510. The quantitative estimate of drug-likeness (QED) is 0.880. The van der Waals surface area contributed by atoms with Gasteiger partial charge in [-0.15, -0.1) is 0 Å². The maximum Gasteiger partial charge on any atom is 0.123 e. The van der Waals surface area contributed by atoms with Crippen LogP contribution in [-0.2, 0) is 6.42 Å². The molecule has 1 atom stereocenters. The van der Waals surface area contributed by atoms with Gasteiger partial charge in [-0.2, -0.15) is 5.10 Å². The number of likely N-dealkylation sites (N-methyl/N-ethyl adjacent to an activating group) is 1. The molecule has 1 fully saturated rings. The minimum absolute atomic E-state index is 0.194. The molecule has 1 aliphatic rings. The number of rotatable bonds is 5. The van der Waals surface area contributed by atoms with Gasteiger partial charge < -0.3 is 10.3 Å². The fourth-order valence-corrected chi connectivity index (χ4v) is 3.05. The van der Waals surface area contributed by atoms with Gasteiger partial charge in [0.1, 0.15) is 5.82 Å². The zero-order chi connectivity index (χ0) is 13.8. The van der Waals surface area contributed by atoms with E-state index in [1.54, 1.807) is 6.20 Å². The summed E-state index contributed by atoms with van der Waals surface area (Å²) in [6.45, 7) is 0. The summed E-state index contributed by atoms with van der Waals surface area (Å²) < 4.78 is 2.17. The van der Waals surface area contributed by atoms with Crippen LogP contribution in [-0.4, -0.2) is 26.8 Å². The number of H-pyrrole nitrogens is 1. The summed E-state index contributed by atoms with van der Waals surface area (Å²) in [5, 5.41) is 8.07. The largest absolute Gasteiger partial charge is 0.347 e. The zero-order valence-corrected chi connectivity index (χ0v) is 12.0. The van der Waals surface area contributed by atoms with Crippen molar-refractivity contribution in [2.75, 3.05) is 7.05 Å². The second-order valence-corrected chi connectivity index (χ2v) is 5.60. The highest BCUT2D eigenvalue weighted by Gasteiger charge is 2.18. The minimum Gasteiger partial charge on any atom is -0.347 e. The van der Waals surface area contributed by atoms with E-state index in [-0.39, 0.29) is 6.04 Å². The van der Waals surface area contributed by atoms with Crippen molar-refractivity contribution in [3.05, 3.63) is 36.2 Å². The van der Waals surface area contributed by atoms with Gasteiger partial charge in [0.05, 0.1) is 17.8 Å². The highest BCUT2D eigenvalue weighted by molar-refractivity contribution is 5.07. The molecule has 0 bridgehead atoms. The topological polar surface area (TPSA) is 58.5 Å². The van der Waals surface area contributed by atoms with Crippen LogP contribution >= 0.6 is 0 Å². The monoisotopic (exact) mass is 273 g/mol. The number of hydrogen-bond acceptors (Lipinski definition) is 3. The van der Waals surface area contributed by atoms with Gasteiger partial charge in [0.2, 0.25) is 0 Å². The molecule has 1 unspecified atom stereocenters. The summed E-state index contributed by atoms with van der Waals surface area (Å²) in [4.78, 5) is 7.50. The molecule has 0 amide bonds. The Balaban J connectivity index is 1.67. The molecule has 5 heteroatoms. The van der Waals surface area contributed by atoms with Crippen LogP contribution in [0, 0.1) is 0 Å². The summed E-state index contributed by atoms with van der Waals surface area (Å²) >= 11 is 0. The normalized spacial score (nSPS) is 18.2. The number of aromatic amines is 1. The number of imidazole rings is 1. The first-order valence-corrected chi connectivity index (χ1v) is 7.57. The van der Waals surface area contributed by atoms with Crippen LogP contribution in [0.1, 0.15) is 55.7 Å². The standard InChI is InChI=1S/C15H23N5/c1-16-14(15-17-8-9-18-15)11-12-7-10-20(19-12)13-5-3-2-4-6-13/h7-10,13-14,16H,2-6,11H2,1H3,(H,17,18). The second-order valence-electron chi connectivity index (χ2n) is 5.60. The van der Waals surface area contributed by atoms with Gasteiger partial charge in [-0.25, -0.2) is 4.98 Å². The van der Waals surface area contributed by atoms with Crippen LogP contribution in [0.25, 0.3) is 0 Å². The lowest BCUT2D eigenvalue weighted by atomic mass is 9.96. The lowest BCUT2D eigenvalue weighted by molar-refractivity contribution is 0.327. The van der Waals surface area contributed by atoms with Crippen molar-refractivity contribution in [1.82, 2.24) is 25.1 Å². The minimum atomic E-state index is 0.194.